The molecule has 2 rings (SSSR count). The highest BCUT2D eigenvalue weighted by Gasteiger charge is 2.23. The van der Waals surface area contributed by atoms with Gasteiger partial charge in [-0.05, 0) is 13.8 Å². The molecule has 1 saturated heterocycles. The molecule has 90 valence electrons. The lowest BCUT2D eigenvalue weighted by Gasteiger charge is -2.36. The smallest absolute Gasteiger partial charge is 0.230 e. The van der Waals surface area contributed by atoms with Gasteiger partial charge in [0.05, 0.1) is 6.54 Å². The van der Waals surface area contributed by atoms with E-state index in [1.807, 2.05) is 6.92 Å². The van der Waals surface area contributed by atoms with Gasteiger partial charge >= 0.3 is 0 Å². The number of piperazine rings is 1. The molecule has 2 heterocycles. The predicted octanol–water partition coefficient (Wildman–Crippen LogP) is 0.814. The summed E-state index contributed by atoms with van der Waals surface area (Å²) in [4.78, 5) is 2.38. The van der Waals surface area contributed by atoms with E-state index in [9.17, 15) is 0 Å². The molecule has 0 radical (unpaired) electrons. The van der Waals surface area contributed by atoms with Crippen molar-refractivity contribution in [3.8, 4) is 0 Å². The van der Waals surface area contributed by atoms with Crippen LogP contribution in [0, 0.1) is 0 Å². The maximum absolute atomic E-state index is 5.53. The van der Waals surface area contributed by atoms with Crippen molar-refractivity contribution in [3.05, 3.63) is 11.8 Å². The minimum atomic E-state index is 0.521. The van der Waals surface area contributed by atoms with Crippen LogP contribution in [-0.2, 0) is 13.0 Å². The maximum atomic E-state index is 5.53. The van der Waals surface area contributed by atoms with Gasteiger partial charge in [-0.25, -0.2) is 0 Å². The van der Waals surface area contributed by atoms with Gasteiger partial charge in [0, 0.05) is 31.6 Å². The van der Waals surface area contributed by atoms with E-state index < -0.39 is 0 Å². The van der Waals surface area contributed by atoms with Gasteiger partial charge < -0.3 is 9.73 Å². The van der Waals surface area contributed by atoms with E-state index in [-0.39, 0.29) is 0 Å². The van der Waals surface area contributed by atoms with E-state index >= 15 is 0 Å². The Hall–Kier alpha value is -0.940. The fourth-order valence-corrected chi connectivity index (χ4v) is 1.99. The van der Waals surface area contributed by atoms with Crippen molar-refractivity contribution in [2.24, 2.45) is 0 Å². The Bertz CT molecular complexity index is 338. The van der Waals surface area contributed by atoms with E-state index in [0.717, 1.165) is 37.8 Å². The first-order chi connectivity index (χ1) is 7.69. The van der Waals surface area contributed by atoms with Crippen LogP contribution in [0.2, 0.25) is 0 Å². The Morgan fingerprint density at radius 2 is 2.12 bits per heavy atom. The Balaban J connectivity index is 1.97. The Morgan fingerprint density at radius 1 is 1.38 bits per heavy atom. The fraction of sp³-hybridized carbons (Fsp3) is 0.818. The summed E-state index contributed by atoms with van der Waals surface area (Å²) in [5.74, 6) is 1.46. The SMILES string of the molecule is CCc1nnc(CN2CC(C)NCC2C)o1. The fourth-order valence-electron chi connectivity index (χ4n) is 1.99. The summed E-state index contributed by atoms with van der Waals surface area (Å²) in [7, 11) is 0. The number of aromatic nitrogens is 2. The second kappa shape index (κ2) is 4.93. The molecule has 1 aromatic heterocycles. The van der Waals surface area contributed by atoms with Crippen molar-refractivity contribution >= 4 is 0 Å². The van der Waals surface area contributed by atoms with Crippen LogP contribution in [0.1, 0.15) is 32.6 Å². The summed E-state index contributed by atoms with van der Waals surface area (Å²) in [5, 5.41) is 11.5. The van der Waals surface area contributed by atoms with E-state index in [1.54, 1.807) is 0 Å². The maximum Gasteiger partial charge on any atom is 0.230 e. The van der Waals surface area contributed by atoms with Crippen molar-refractivity contribution < 1.29 is 4.42 Å². The number of nitrogens with one attached hydrogen (secondary N) is 1. The molecule has 1 aromatic rings. The van der Waals surface area contributed by atoms with Crippen LogP contribution < -0.4 is 5.32 Å². The molecule has 0 bridgehead atoms. The molecule has 2 atom stereocenters. The van der Waals surface area contributed by atoms with Gasteiger partial charge in [0.2, 0.25) is 11.8 Å². The highest BCUT2D eigenvalue weighted by Crippen LogP contribution is 2.11. The third-order valence-electron chi connectivity index (χ3n) is 3.04. The highest BCUT2D eigenvalue weighted by atomic mass is 16.4. The molecule has 0 saturated carbocycles. The van der Waals surface area contributed by atoms with Crippen LogP contribution in [-0.4, -0.2) is 40.3 Å². The third-order valence-corrected chi connectivity index (χ3v) is 3.04. The Labute approximate surface area is 96.2 Å². The minimum absolute atomic E-state index is 0.521. The topological polar surface area (TPSA) is 54.2 Å². The molecule has 0 aromatic carbocycles. The molecule has 2 unspecified atom stereocenters. The first-order valence-corrected chi connectivity index (χ1v) is 5.97. The quantitative estimate of drug-likeness (QED) is 0.823. The standard InChI is InChI=1S/C11H20N4O/c1-4-10-13-14-11(16-10)7-15-6-8(2)12-5-9(15)3/h8-9,12H,4-7H2,1-3H3. The second-order valence-electron chi connectivity index (χ2n) is 4.53. The molecule has 1 N–H and O–H groups in total. The zero-order chi connectivity index (χ0) is 11.5. The molecule has 1 aliphatic rings. The molecule has 1 fully saturated rings. The second-order valence-corrected chi connectivity index (χ2v) is 4.53. The van der Waals surface area contributed by atoms with Crippen LogP contribution in [0.15, 0.2) is 4.42 Å². The van der Waals surface area contributed by atoms with E-state index in [4.69, 9.17) is 4.42 Å². The first kappa shape index (κ1) is 11.5. The summed E-state index contributed by atoms with van der Waals surface area (Å²) >= 11 is 0. The van der Waals surface area contributed by atoms with Crippen LogP contribution >= 0.6 is 0 Å². The van der Waals surface area contributed by atoms with Gasteiger partial charge in [-0.15, -0.1) is 10.2 Å². The molecule has 16 heavy (non-hydrogen) atoms. The number of hydrogen-bond donors (Lipinski definition) is 1. The summed E-state index contributed by atoms with van der Waals surface area (Å²) in [6, 6.07) is 1.05. The number of aryl methyl sites for hydroxylation is 1. The average molecular weight is 224 g/mol. The van der Waals surface area contributed by atoms with Crippen molar-refractivity contribution in [2.45, 2.75) is 45.8 Å². The van der Waals surface area contributed by atoms with E-state index in [1.165, 1.54) is 0 Å². The lowest BCUT2D eigenvalue weighted by Crippen LogP contribution is -2.53. The molecule has 0 aliphatic carbocycles. The zero-order valence-electron chi connectivity index (χ0n) is 10.2. The van der Waals surface area contributed by atoms with Crippen molar-refractivity contribution in [3.63, 3.8) is 0 Å². The van der Waals surface area contributed by atoms with Gasteiger partial charge in [0.15, 0.2) is 0 Å². The van der Waals surface area contributed by atoms with Gasteiger partial charge in [0.1, 0.15) is 0 Å². The lowest BCUT2D eigenvalue weighted by atomic mass is 10.1. The monoisotopic (exact) mass is 224 g/mol. The molecule has 5 nitrogen and oxygen atoms in total. The molecular formula is C11H20N4O. The number of nitrogens with zero attached hydrogens (tertiary/aromatic N) is 3. The van der Waals surface area contributed by atoms with Crippen LogP contribution in [0.4, 0.5) is 0 Å². The predicted molar refractivity (Wildman–Crippen MR) is 61.0 cm³/mol. The summed E-state index contributed by atoms with van der Waals surface area (Å²) in [5.41, 5.74) is 0. The lowest BCUT2D eigenvalue weighted by molar-refractivity contribution is 0.126. The van der Waals surface area contributed by atoms with E-state index in [2.05, 4.69) is 34.3 Å². The molecule has 0 spiro atoms. The van der Waals surface area contributed by atoms with Gasteiger partial charge in [-0.3, -0.25) is 4.90 Å². The van der Waals surface area contributed by atoms with Crippen molar-refractivity contribution in [1.82, 2.24) is 20.4 Å². The number of rotatable bonds is 3. The Kier molecular flexibility index (Phi) is 3.56. The molecule has 5 heteroatoms. The summed E-state index contributed by atoms with van der Waals surface area (Å²) < 4.78 is 5.53. The molecular weight excluding hydrogens is 204 g/mol. The van der Waals surface area contributed by atoms with Crippen LogP contribution in [0.5, 0.6) is 0 Å². The summed E-state index contributed by atoms with van der Waals surface area (Å²) in [6.07, 6.45) is 0.806. The summed E-state index contributed by atoms with van der Waals surface area (Å²) in [6.45, 7) is 9.26. The van der Waals surface area contributed by atoms with Crippen molar-refractivity contribution in [1.29, 1.82) is 0 Å². The first-order valence-electron chi connectivity index (χ1n) is 5.97. The van der Waals surface area contributed by atoms with Crippen molar-refractivity contribution in [2.75, 3.05) is 13.1 Å². The molecule has 1 aliphatic heterocycles. The largest absolute Gasteiger partial charge is 0.424 e. The van der Waals surface area contributed by atoms with Gasteiger partial charge in [0.25, 0.3) is 0 Å². The minimum Gasteiger partial charge on any atom is -0.424 e. The average Bonchev–Trinajstić information content (AvgIpc) is 2.71. The zero-order valence-corrected chi connectivity index (χ0v) is 10.2. The Morgan fingerprint density at radius 3 is 2.81 bits per heavy atom. The molecule has 0 amide bonds. The van der Waals surface area contributed by atoms with Crippen LogP contribution in [0.25, 0.3) is 0 Å². The van der Waals surface area contributed by atoms with Gasteiger partial charge in [-0.2, -0.15) is 0 Å². The third kappa shape index (κ3) is 2.59. The highest BCUT2D eigenvalue weighted by molar-refractivity contribution is 4.87. The van der Waals surface area contributed by atoms with Gasteiger partial charge in [-0.1, -0.05) is 6.92 Å². The number of hydrogen-bond acceptors (Lipinski definition) is 5. The normalized spacial score (nSPS) is 27.2. The van der Waals surface area contributed by atoms with Crippen LogP contribution in [0.3, 0.4) is 0 Å². The van der Waals surface area contributed by atoms with E-state index in [0.29, 0.717) is 12.1 Å².